The van der Waals surface area contributed by atoms with Crippen molar-refractivity contribution in [3.63, 3.8) is 0 Å². The first kappa shape index (κ1) is 22.1. The standard InChI is InChI=1S/C22H24N4O5S/c1-16-4-3-5-18(14-16)21-23-20(31-24-21)15-25(2)22(27)17-6-8-19(9-7-17)32(28,29)26-10-12-30-13-11-26/h3-9,14H,10-13,15H2,1-2H3. The number of sulfonamides is 1. The molecule has 1 aliphatic heterocycles. The predicted octanol–water partition coefficient (Wildman–Crippen LogP) is 2.34. The first-order valence-corrected chi connectivity index (χ1v) is 11.6. The van der Waals surface area contributed by atoms with Gasteiger partial charge in [-0.1, -0.05) is 28.9 Å². The zero-order valence-corrected chi connectivity index (χ0v) is 18.7. The van der Waals surface area contributed by atoms with E-state index in [1.54, 1.807) is 7.05 Å². The number of carbonyl (C=O) groups excluding carboxylic acids is 1. The van der Waals surface area contributed by atoms with Crippen molar-refractivity contribution in [2.24, 2.45) is 0 Å². The van der Waals surface area contributed by atoms with Crippen LogP contribution in [0, 0.1) is 6.92 Å². The van der Waals surface area contributed by atoms with Crippen LogP contribution in [0.15, 0.2) is 57.9 Å². The van der Waals surface area contributed by atoms with Gasteiger partial charge in [0.2, 0.25) is 21.7 Å². The van der Waals surface area contributed by atoms with Crippen LogP contribution >= 0.6 is 0 Å². The van der Waals surface area contributed by atoms with E-state index in [2.05, 4.69) is 10.1 Å². The van der Waals surface area contributed by atoms with Crippen LogP contribution in [0.25, 0.3) is 11.4 Å². The van der Waals surface area contributed by atoms with Crippen LogP contribution in [0.1, 0.15) is 21.8 Å². The van der Waals surface area contributed by atoms with Crippen LogP contribution in [0.4, 0.5) is 0 Å². The molecule has 0 saturated carbocycles. The van der Waals surface area contributed by atoms with E-state index in [9.17, 15) is 13.2 Å². The Balaban J connectivity index is 1.43. The van der Waals surface area contributed by atoms with E-state index in [1.807, 2.05) is 31.2 Å². The van der Waals surface area contributed by atoms with Crippen molar-refractivity contribution in [3.8, 4) is 11.4 Å². The minimum Gasteiger partial charge on any atom is -0.379 e. The number of aromatic nitrogens is 2. The smallest absolute Gasteiger partial charge is 0.254 e. The molecule has 0 radical (unpaired) electrons. The van der Waals surface area contributed by atoms with E-state index in [-0.39, 0.29) is 17.3 Å². The fraction of sp³-hybridized carbons (Fsp3) is 0.318. The summed E-state index contributed by atoms with van der Waals surface area (Å²) < 4.78 is 37.4. The second kappa shape index (κ2) is 9.19. The lowest BCUT2D eigenvalue weighted by molar-refractivity contribution is 0.0730. The fourth-order valence-corrected chi connectivity index (χ4v) is 4.83. The summed E-state index contributed by atoms with van der Waals surface area (Å²) in [4.78, 5) is 18.8. The number of hydrogen-bond acceptors (Lipinski definition) is 7. The van der Waals surface area contributed by atoms with Gasteiger partial charge in [0.1, 0.15) is 0 Å². The van der Waals surface area contributed by atoms with E-state index in [0.717, 1.165) is 11.1 Å². The van der Waals surface area contributed by atoms with Gasteiger partial charge in [0.05, 0.1) is 24.7 Å². The molecular formula is C22H24N4O5S. The molecule has 2 aromatic carbocycles. The molecule has 4 rings (SSSR count). The molecule has 1 saturated heterocycles. The van der Waals surface area contributed by atoms with Gasteiger partial charge in [-0.05, 0) is 37.3 Å². The SMILES string of the molecule is Cc1cccc(-c2noc(CN(C)C(=O)c3ccc(S(=O)(=O)N4CCOCC4)cc3)n2)c1. The zero-order chi connectivity index (χ0) is 22.7. The Labute approximate surface area is 186 Å². The van der Waals surface area contributed by atoms with Crippen LogP contribution < -0.4 is 0 Å². The molecule has 0 spiro atoms. The maximum atomic E-state index is 12.8. The van der Waals surface area contributed by atoms with E-state index >= 15 is 0 Å². The first-order valence-electron chi connectivity index (χ1n) is 10.2. The minimum atomic E-state index is -3.60. The second-order valence-electron chi connectivity index (χ2n) is 7.58. The van der Waals surface area contributed by atoms with Crippen LogP contribution in [0.2, 0.25) is 0 Å². The Kier molecular flexibility index (Phi) is 6.35. The lowest BCUT2D eigenvalue weighted by atomic mass is 10.1. The van der Waals surface area contributed by atoms with Crippen molar-refractivity contribution in [2.75, 3.05) is 33.4 Å². The van der Waals surface area contributed by atoms with Crippen molar-refractivity contribution in [2.45, 2.75) is 18.4 Å². The van der Waals surface area contributed by atoms with Crippen molar-refractivity contribution < 1.29 is 22.5 Å². The molecule has 2 heterocycles. The Morgan fingerprint density at radius 2 is 1.84 bits per heavy atom. The normalized spacial score (nSPS) is 14.9. The number of amides is 1. The van der Waals surface area contributed by atoms with Gasteiger partial charge in [0.15, 0.2) is 0 Å². The van der Waals surface area contributed by atoms with Gasteiger partial charge < -0.3 is 14.2 Å². The molecule has 0 N–H and O–H groups in total. The summed E-state index contributed by atoms with van der Waals surface area (Å²) in [5.74, 6) is 0.488. The third kappa shape index (κ3) is 4.72. The lowest BCUT2D eigenvalue weighted by Crippen LogP contribution is -2.40. The van der Waals surface area contributed by atoms with Gasteiger partial charge in [-0.2, -0.15) is 9.29 Å². The number of nitrogens with zero attached hydrogens (tertiary/aromatic N) is 4. The number of rotatable bonds is 6. The Bertz CT molecular complexity index is 1200. The lowest BCUT2D eigenvalue weighted by Gasteiger charge is -2.26. The van der Waals surface area contributed by atoms with Crippen molar-refractivity contribution in [3.05, 3.63) is 65.5 Å². The second-order valence-corrected chi connectivity index (χ2v) is 9.52. The largest absolute Gasteiger partial charge is 0.379 e. The molecule has 1 amide bonds. The van der Waals surface area contributed by atoms with E-state index in [1.165, 1.54) is 33.5 Å². The maximum Gasteiger partial charge on any atom is 0.254 e. The monoisotopic (exact) mass is 456 g/mol. The number of aryl methyl sites for hydroxylation is 1. The highest BCUT2D eigenvalue weighted by atomic mass is 32.2. The minimum absolute atomic E-state index is 0.130. The van der Waals surface area contributed by atoms with Crippen LogP contribution in [0.5, 0.6) is 0 Å². The molecule has 168 valence electrons. The number of hydrogen-bond donors (Lipinski definition) is 0. The first-order chi connectivity index (χ1) is 15.3. The molecule has 32 heavy (non-hydrogen) atoms. The number of carbonyl (C=O) groups is 1. The molecular weight excluding hydrogens is 432 g/mol. The van der Waals surface area contributed by atoms with Crippen LogP contribution in [0.3, 0.4) is 0 Å². The fourth-order valence-electron chi connectivity index (χ4n) is 3.42. The third-order valence-corrected chi connectivity index (χ3v) is 7.09. The van der Waals surface area contributed by atoms with E-state index in [0.29, 0.717) is 43.6 Å². The third-order valence-electron chi connectivity index (χ3n) is 5.17. The van der Waals surface area contributed by atoms with Crippen LogP contribution in [-0.2, 0) is 21.3 Å². The quantitative estimate of drug-likeness (QED) is 0.560. The molecule has 0 unspecified atom stereocenters. The van der Waals surface area contributed by atoms with Gasteiger partial charge in [-0.25, -0.2) is 8.42 Å². The van der Waals surface area contributed by atoms with Crippen molar-refractivity contribution in [1.82, 2.24) is 19.3 Å². The van der Waals surface area contributed by atoms with Crippen molar-refractivity contribution in [1.29, 1.82) is 0 Å². The predicted molar refractivity (Wildman–Crippen MR) is 116 cm³/mol. The number of ether oxygens (including phenoxy) is 1. The van der Waals surface area contributed by atoms with Gasteiger partial charge in [-0.3, -0.25) is 4.79 Å². The van der Waals surface area contributed by atoms with E-state index in [4.69, 9.17) is 9.26 Å². The average Bonchev–Trinajstić information content (AvgIpc) is 3.28. The highest BCUT2D eigenvalue weighted by molar-refractivity contribution is 7.89. The molecule has 1 aliphatic rings. The van der Waals surface area contributed by atoms with Gasteiger partial charge in [-0.15, -0.1) is 0 Å². The number of benzene rings is 2. The number of morpholine rings is 1. The summed E-state index contributed by atoms with van der Waals surface area (Å²) in [5, 5.41) is 3.99. The molecule has 0 atom stereocenters. The summed E-state index contributed by atoms with van der Waals surface area (Å²) in [6.45, 7) is 3.50. The highest BCUT2D eigenvalue weighted by Gasteiger charge is 2.26. The Morgan fingerprint density at radius 3 is 2.53 bits per heavy atom. The summed E-state index contributed by atoms with van der Waals surface area (Å²) in [6, 6.07) is 13.7. The molecule has 0 aliphatic carbocycles. The molecule has 1 aromatic heterocycles. The summed E-state index contributed by atoms with van der Waals surface area (Å²) >= 11 is 0. The van der Waals surface area contributed by atoms with Gasteiger partial charge >= 0.3 is 0 Å². The molecule has 9 nitrogen and oxygen atoms in total. The molecule has 1 fully saturated rings. The Hall–Kier alpha value is -3.08. The highest BCUT2D eigenvalue weighted by Crippen LogP contribution is 2.20. The van der Waals surface area contributed by atoms with E-state index < -0.39 is 10.0 Å². The molecule has 0 bridgehead atoms. The van der Waals surface area contributed by atoms with Gasteiger partial charge in [0, 0.05) is 31.3 Å². The molecule has 10 heteroatoms. The topological polar surface area (TPSA) is 106 Å². The summed E-state index contributed by atoms with van der Waals surface area (Å²) in [6.07, 6.45) is 0. The molecule has 3 aromatic rings. The summed E-state index contributed by atoms with van der Waals surface area (Å²) in [5.41, 5.74) is 2.29. The van der Waals surface area contributed by atoms with Crippen LogP contribution in [-0.4, -0.2) is 67.0 Å². The average molecular weight is 457 g/mol. The summed E-state index contributed by atoms with van der Waals surface area (Å²) in [7, 11) is -1.98. The Morgan fingerprint density at radius 1 is 1.12 bits per heavy atom. The van der Waals surface area contributed by atoms with Crippen molar-refractivity contribution >= 4 is 15.9 Å². The zero-order valence-electron chi connectivity index (χ0n) is 17.9. The maximum absolute atomic E-state index is 12.8. The van der Waals surface area contributed by atoms with Gasteiger partial charge in [0.25, 0.3) is 5.91 Å².